The largest absolute Gasteiger partial charge is 0.458 e. The van der Waals surface area contributed by atoms with Gasteiger partial charge in [-0.25, -0.2) is 0 Å². The Balaban J connectivity index is 2.05. The number of furan rings is 1. The van der Waals surface area contributed by atoms with E-state index in [-0.39, 0.29) is 22.5 Å². The van der Waals surface area contributed by atoms with E-state index in [1.54, 1.807) is 67.6 Å². The van der Waals surface area contributed by atoms with E-state index in [0.29, 0.717) is 28.1 Å². The molecule has 2 aromatic carbocycles. The first-order chi connectivity index (χ1) is 12.1. The quantitative estimate of drug-likeness (QED) is 0.515. The molecule has 2 aromatic heterocycles. The number of fused-ring (bicyclic) bond motifs is 1. The van der Waals surface area contributed by atoms with Crippen LogP contribution in [-0.4, -0.2) is 5.78 Å². The average molecular weight is 330 g/mol. The van der Waals surface area contributed by atoms with Gasteiger partial charge in [0.05, 0.1) is 5.39 Å². The van der Waals surface area contributed by atoms with Crippen molar-refractivity contribution in [3.8, 4) is 11.5 Å². The van der Waals surface area contributed by atoms with Crippen LogP contribution in [0.2, 0.25) is 0 Å². The van der Waals surface area contributed by atoms with Crippen LogP contribution in [0.5, 0.6) is 0 Å². The monoisotopic (exact) mass is 330 g/mol. The molecule has 4 rings (SSSR count). The molecular formula is C21H14O4. The van der Waals surface area contributed by atoms with Gasteiger partial charge in [0, 0.05) is 5.56 Å². The molecule has 0 amide bonds. The van der Waals surface area contributed by atoms with Crippen molar-refractivity contribution in [1.29, 1.82) is 0 Å². The van der Waals surface area contributed by atoms with E-state index in [4.69, 9.17) is 8.83 Å². The summed E-state index contributed by atoms with van der Waals surface area (Å²) in [5, 5.41) is 0.369. The number of benzene rings is 2. The lowest BCUT2D eigenvalue weighted by Crippen LogP contribution is -2.17. The summed E-state index contributed by atoms with van der Waals surface area (Å²) in [7, 11) is 0. The van der Waals surface area contributed by atoms with Gasteiger partial charge in [-0.15, -0.1) is 0 Å². The van der Waals surface area contributed by atoms with Gasteiger partial charge in [-0.3, -0.25) is 9.59 Å². The fourth-order valence-electron chi connectivity index (χ4n) is 2.81. The lowest BCUT2D eigenvalue weighted by atomic mass is 9.99. The van der Waals surface area contributed by atoms with Crippen LogP contribution in [0.3, 0.4) is 0 Å². The molecule has 4 aromatic rings. The van der Waals surface area contributed by atoms with Gasteiger partial charge in [-0.1, -0.05) is 42.5 Å². The third-order valence-corrected chi connectivity index (χ3v) is 4.03. The number of para-hydroxylation sites is 1. The predicted molar refractivity (Wildman–Crippen MR) is 94.8 cm³/mol. The number of hydrogen-bond acceptors (Lipinski definition) is 4. The minimum Gasteiger partial charge on any atom is -0.458 e. The lowest BCUT2D eigenvalue weighted by molar-refractivity contribution is 0.103. The molecule has 0 saturated carbocycles. The van der Waals surface area contributed by atoms with Gasteiger partial charge in [0.1, 0.15) is 16.9 Å². The highest BCUT2D eigenvalue weighted by Gasteiger charge is 2.24. The lowest BCUT2D eigenvalue weighted by Gasteiger charge is -2.08. The zero-order valence-electron chi connectivity index (χ0n) is 13.5. The highest BCUT2D eigenvalue weighted by Crippen LogP contribution is 2.29. The number of carbonyl (C=O) groups excluding carboxylic acids is 1. The van der Waals surface area contributed by atoms with E-state index in [2.05, 4.69) is 0 Å². The fraction of sp³-hybridized carbons (Fsp3) is 0.0476. The summed E-state index contributed by atoms with van der Waals surface area (Å²) in [4.78, 5) is 26.0. The maximum Gasteiger partial charge on any atom is 0.204 e. The van der Waals surface area contributed by atoms with E-state index in [1.165, 1.54) is 0 Å². The van der Waals surface area contributed by atoms with E-state index >= 15 is 0 Å². The highest BCUT2D eigenvalue weighted by molar-refractivity contribution is 6.13. The Morgan fingerprint density at radius 2 is 1.56 bits per heavy atom. The van der Waals surface area contributed by atoms with Crippen LogP contribution in [0, 0.1) is 6.92 Å². The van der Waals surface area contributed by atoms with Gasteiger partial charge in [0.2, 0.25) is 11.2 Å². The summed E-state index contributed by atoms with van der Waals surface area (Å²) in [6.07, 6.45) is 0. The smallest absolute Gasteiger partial charge is 0.204 e. The molecular weight excluding hydrogens is 316 g/mol. The molecule has 4 nitrogen and oxygen atoms in total. The number of ketones is 1. The van der Waals surface area contributed by atoms with Crippen LogP contribution in [0.25, 0.3) is 22.5 Å². The SMILES string of the molecule is Cc1ccc(-c2oc3ccccc3c(=O)c2C(=O)c2ccccc2)o1. The summed E-state index contributed by atoms with van der Waals surface area (Å²) < 4.78 is 11.5. The summed E-state index contributed by atoms with van der Waals surface area (Å²) in [6, 6.07) is 19.0. The number of hydrogen-bond donors (Lipinski definition) is 0. The van der Waals surface area contributed by atoms with Crippen LogP contribution in [0.1, 0.15) is 21.7 Å². The average Bonchev–Trinajstić information content (AvgIpc) is 3.08. The third-order valence-electron chi connectivity index (χ3n) is 4.03. The molecule has 0 spiro atoms. The zero-order chi connectivity index (χ0) is 17.4. The highest BCUT2D eigenvalue weighted by atomic mass is 16.4. The van der Waals surface area contributed by atoms with E-state index in [9.17, 15) is 9.59 Å². The minimum absolute atomic E-state index is 0.0146. The second-order valence-electron chi connectivity index (χ2n) is 5.74. The zero-order valence-corrected chi connectivity index (χ0v) is 13.5. The maximum absolute atomic E-state index is 13.0. The Morgan fingerprint density at radius 1 is 0.840 bits per heavy atom. The minimum atomic E-state index is -0.385. The Morgan fingerprint density at radius 3 is 2.28 bits per heavy atom. The third kappa shape index (κ3) is 2.58. The molecule has 0 aliphatic carbocycles. The fourth-order valence-corrected chi connectivity index (χ4v) is 2.81. The maximum atomic E-state index is 13.0. The first-order valence-corrected chi connectivity index (χ1v) is 7.87. The summed E-state index contributed by atoms with van der Waals surface area (Å²) in [5.41, 5.74) is 0.467. The van der Waals surface area contributed by atoms with Gasteiger partial charge in [-0.05, 0) is 31.2 Å². The Bertz CT molecular complexity index is 1130. The van der Waals surface area contributed by atoms with Crippen molar-refractivity contribution >= 4 is 16.8 Å². The van der Waals surface area contributed by atoms with Crippen LogP contribution in [0.15, 0.2) is 80.4 Å². The second-order valence-corrected chi connectivity index (χ2v) is 5.74. The van der Waals surface area contributed by atoms with Crippen LogP contribution >= 0.6 is 0 Å². The van der Waals surface area contributed by atoms with Gasteiger partial charge < -0.3 is 8.83 Å². The van der Waals surface area contributed by atoms with Crippen molar-refractivity contribution in [2.75, 3.05) is 0 Å². The molecule has 0 N–H and O–H groups in total. The molecule has 0 atom stereocenters. The second kappa shape index (κ2) is 5.91. The van der Waals surface area contributed by atoms with E-state index in [0.717, 1.165) is 0 Å². The topological polar surface area (TPSA) is 60.4 Å². The van der Waals surface area contributed by atoms with Crippen LogP contribution < -0.4 is 5.43 Å². The summed E-state index contributed by atoms with van der Waals surface area (Å²) in [5.74, 6) is 0.804. The van der Waals surface area contributed by atoms with Crippen molar-refractivity contribution in [3.05, 3.63) is 93.8 Å². The first-order valence-electron chi connectivity index (χ1n) is 7.87. The Hall–Kier alpha value is -3.40. The molecule has 122 valence electrons. The number of carbonyl (C=O) groups is 1. The molecule has 0 bridgehead atoms. The van der Waals surface area contributed by atoms with Gasteiger partial charge in [0.25, 0.3) is 0 Å². The van der Waals surface area contributed by atoms with Gasteiger partial charge >= 0.3 is 0 Å². The Labute approximate surface area is 143 Å². The number of aryl methyl sites for hydroxylation is 1. The standard InChI is InChI=1S/C21H14O4/c1-13-11-12-17(24-13)21-18(19(22)14-7-3-2-4-8-14)20(23)15-9-5-6-10-16(15)25-21/h2-12H,1H3. The van der Waals surface area contributed by atoms with Gasteiger partial charge in [0.15, 0.2) is 11.5 Å². The summed E-state index contributed by atoms with van der Waals surface area (Å²) >= 11 is 0. The van der Waals surface area contributed by atoms with Crippen LogP contribution in [-0.2, 0) is 0 Å². The Kier molecular flexibility index (Phi) is 3.58. The molecule has 0 fully saturated rings. The van der Waals surface area contributed by atoms with Crippen molar-refractivity contribution < 1.29 is 13.6 Å². The number of rotatable bonds is 3. The predicted octanol–water partition coefficient (Wildman–Crippen LogP) is 4.59. The molecule has 4 heteroatoms. The van der Waals surface area contributed by atoms with Crippen molar-refractivity contribution in [2.24, 2.45) is 0 Å². The van der Waals surface area contributed by atoms with Crippen molar-refractivity contribution in [3.63, 3.8) is 0 Å². The van der Waals surface area contributed by atoms with Crippen molar-refractivity contribution in [1.82, 2.24) is 0 Å². The summed E-state index contributed by atoms with van der Waals surface area (Å²) in [6.45, 7) is 1.79. The molecule has 0 unspecified atom stereocenters. The molecule has 0 saturated heterocycles. The normalized spacial score (nSPS) is 10.9. The van der Waals surface area contributed by atoms with Crippen molar-refractivity contribution in [2.45, 2.75) is 6.92 Å². The van der Waals surface area contributed by atoms with E-state index in [1.807, 2.05) is 6.07 Å². The van der Waals surface area contributed by atoms with E-state index < -0.39 is 0 Å². The molecule has 2 heterocycles. The molecule has 25 heavy (non-hydrogen) atoms. The van der Waals surface area contributed by atoms with Gasteiger partial charge in [-0.2, -0.15) is 0 Å². The molecule has 0 aliphatic heterocycles. The molecule has 0 aliphatic rings. The van der Waals surface area contributed by atoms with Crippen LogP contribution in [0.4, 0.5) is 0 Å². The molecule has 0 radical (unpaired) electrons. The first kappa shape index (κ1) is 15.1.